The predicted octanol–water partition coefficient (Wildman–Crippen LogP) is 0.958. The van der Waals surface area contributed by atoms with E-state index >= 15 is 0 Å². The number of nitrogens with zero attached hydrogens (tertiary/aromatic N) is 2. The van der Waals surface area contributed by atoms with Crippen LogP contribution >= 0.6 is 0 Å². The lowest BCUT2D eigenvalue weighted by atomic mass is 9.89. The Morgan fingerprint density at radius 2 is 2.15 bits per heavy atom. The Morgan fingerprint density at radius 3 is 2.80 bits per heavy atom. The summed E-state index contributed by atoms with van der Waals surface area (Å²) in [4.78, 5) is 28.4. The van der Waals surface area contributed by atoms with Gasteiger partial charge in [-0.15, -0.1) is 0 Å². The molecule has 1 aliphatic rings. The van der Waals surface area contributed by atoms with Gasteiger partial charge in [-0.1, -0.05) is 0 Å². The van der Waals surface area contributed by atoms with Crippen LogP contribution in [-0.2, 0) is 4.79 Å². The molecular weight excluding hydrogens is 268 g/mol. The maximum absolute atomic E-state index is 13.6. The second-order valence-corrected chi connectivity index (χ2v) is 5.08. The number of hydrogen-bond acceptors (Lipinski definition) is 3. The molecule has 108 valence electrons. The van der Waals surface area contributed by atoms with Crippen molar-refractivity contribution in [1.82, 2.24) is 15.2 Å². The van der Waals surface area contributed by atoms with Crippen molar-refractivity contribution < 1.29 is 18.4 Å². The zero-order valence-corrected chi connectivity index (χ0v) is 11.2. The molecule has 1 atom stereocenters. The topological polar surface area (TPSA) is 62.3 Å². The van der Waals surface area contributed by atoms with Crippen molar-refractivity contribution in [2.24, 2.45) is 5.41 Å². The summed E-state index contributed by atoms with van der Waals surface area (Å²) in [5.41, 5.74) is -1.06. The first-order valence-corrected chi connectivity index (χ1v) is 6.20. The van der Waals surface area contributed by atoms with Crippen LogP contribution in [0.25, 0.3) is 0 Å². The fourth-order valence-electron chi connectivity index (χ4n) is 2.38. The van der Waals surface area contributed by atoms with Crippen LogP contribution in [0.1, 0.15) is 23.7 Å². The number of amides is 2. The smallest absolute Gasteiger partial charge is 0.257 e. The van der Waals surface area contributed by atoms with Gasteiger partial charge >= 0.3 is 0 Å². The number of halogens is 2. The molecule has 1 saturated heterocycles. The van der Waals surface area contributed by atoms with E-state index in [-0.39, 0.29) is 18.0 Å². The van der Waals surface area contributed by atoms with Crippen molar-refractivity contribution >= 4 is 11.8 Å². The maximum atomic E-state index is 13.6. The highest BCUT2D eigenvalue weighted by atomic mass is 19.2. The third-order valence-electron chi connectivity index (χ3n) is 3.61. The maximum Gasteiger partial charge on any atom is 0.257 e. The van der Waals surface area contributed by atoms with E-state index in [1.54, 1.807) is 6.92 Å². The van der Waals surface area contributed by atoms with E-state index in [1.165, 1.54) is 11.9 Å². The highest BCUT2D eigenvalue weighted by Gasteiger charge is 2.42. The first-order valence-electron chi connectivity index (χ1n) is 6.20. The molecule has 0 aliphatic carbocycles. The summed E-state index contributed by atoms with van der Waals surface area (Å²) in [5, 5.41) is 2.55. The molecule has 1 unspecified atom stereocenters. The van der Waals surface area contributed by atoms with Crippen LogP contribution in [0.3, 0.4) is 0 Å². The Labute approximate surface area is 115 Å². The van der Waals surface area contributed by atoms with Crippen LogP contribution in [0.4, 0.5) is 8.78 Å². The third-order valence-corrected chi connectivity index (χ3v) is 3.61. The fourth-order valence-corrected chi connectivity index (χ4v) is 2.38. The van der Waals surface area contributed by atoms with E-state index < -0.39 is 23.1 Å². The first-order chi connectivity index (χ1) is 9.39. The van der Waals surface area contributed by atoms with E-state index in [2.05, 4.69) is 10.3 Å². The van der Waals surface area contributed by atoms with Gasteiger partial charge in [0.1, 0.15) is 0 Å². The molecule has 2 amide bonds. The van der Waals surface area contributed by atoms with Crippen molar-refractivity contribution in [3.05, 3.63) is 29.6 Å². The highest BCUT2D eigenvalue weighted by Crippen LogP contribution is 2.31. The molecule has 20 heavy (non-hydrogen) atoms. The summed E-state index contributed by atoms with van der Waals surface area (Å²) in [5.74, 6) is -3.36. The van der Waals surface area contributed by atoms with Crippen LogP contribution in [0.2, 0.25) is 0 Å². The molecule has 0 saturated carbocycles. The van der Waals surface area contributed by atoms with Gasteiger partial charge in [-0.2, -0.15) is 4.39 Å². The Balaban J connectivity index is 2.20. The van der Waals surface area contributed by atoms with Gasteiger partial charge in [0.25, 0.3) is 5.91 Å². The summed E-state index contributed by atoms with van der Waals surface area (Å²) in [6, 6.07) is 1.14. The van der Waals surface area contributed by atoms with Gasteiger partial charge in [0.15, 0.2) is 5.82 Å². The number of hydrogen-bond donors (Lipinski definition) is 1. The summed E-state index contributed by atoms with van der Waals surface area (Å²) in [6.45, 7) is 2.24. The van der Waals surface area contributed by atoms with E-state index in [9.17, 15) is 18.4 Å². The van der Waals surface area contributed by atoms with Crippen LogP contribution in [0.5, 0.6) is 0 Å². The summed E-state index contributed by atoms with van der Waals surface area (Å²) >= 11 is 0. The van der Waals surface area contributed by atoms with Gasteiger partial charge < -0.3 is 10.2 Å². The molecule has 1 fully saturated rings. The predicted molar refractivity (Wildman–Crippen MR) is 66.8 cm³/mol. The summed E-state index contributed by atoms with van der Waals surface area (Å²) in [6.07, 6.45) is 1.52. The minimum absolute atomic E-state index is 0.172. The van der Waals surface area contributed by atoms with Gasteiger partial charge in [-0.25, -0.2) is 9.37 Å². The van der Waals surface area contributed by atoms with Crippen molar-refractivity contribution in [2.45, 2.75) is 13.3 Å². The number of likely N-dealkylation sites (tertiary alicyclic amines) is 1. The Morgan fingerprint density at radius 1 is 1.45 bits per heavy atom. The number of aromatic nitrogens is 1. The van der Waals surface area contributed by atoms with Crippen LogP contribution in [0, 0.1) is 17.2 Å². The minimum atomic E-state index is -1.30. The Kier molecular flexibility index (Phi) is 3.69. The van der Waals surface area contributed by atoms with Gasteiger partial charge in [0.2, 0.25) is 11.9 Å². The molecule has 1 N–H and O–H groups in total. The van der Waals surface area contributed by atoms with Gasteiger partial charge in [-0.3, -0.25) is 9.59 Å². The SMILES string of the molecule is CNC(=O)C1(C)CCN(C(=O)c2ccnc(F)c2F)C1. The monoisotopic (exact) mass is 283 g/mol. The number of nitrogens with one attached hydrogen (secondary N) is 1. The normalized spacial score (nSPS) is 21.9. The molecular formula is C13H15F2N3O2. The van der Waals surface area contributed by atoms with Crippen LogP contribution in [0.15, 0.2) is 12.3 Å². The number of pyridine rings is 1. The van der Waals surface area contributed by atoms with Gasteiger partial charge in [-0.05, 0) is 19.4 Å². The molecule has 1 aliphatic heterocycles. The Bertz CT molecular complexity index is 565. The highest BCUT2D eigenvalue weighted by molar-refractivity contribution is 5.95. The summed E-state index contributed by atoms with van der Waals surface area (Å²) < 4.78 is 26.6. The quantitative estimate of drug-likeness (QED) is 0.822. The van der Waals surface area contributed by atoms with E-state index in [0.717, 1.165) is 12.3 Å². The van der Waals surface area contributed by atoms with Crippen molar-refractivity contribution in [3.8, 4) is 0 Å². The third kappa shape index (κ3) is 2.35. The number of carbonyl (C=O) groups excluding carboxylic acids is 2. The average molecular weight is 283 g/mol. The minimum Gasteiger partial charge on any atom is -0.359 e. The van der Waals surface area contributed by atoms with Crippen LogP contribution in [-0.4, -0.2) is 41.8 Å². The zero-order chi connectivity index (χ0) is 14.9. The lowest BCUT2D eigenvalue weighted by Crippen LogP contribution is -2.40. The van der Waals surface area contributed by atoms with Crippen molar-refractivity contribution in [1.29, 1.82) is 0 Å². The largest absolute Gasteiger partial charge is 0.359 e. The number of rotatable bonds is 2. The molecule has 0 bridgehead atoms. The Hall–Kier alpha value is -2.05. The summed E-state index contributed by atoms with van der Waals surface area (Å²) in [7, 11) is 1.52. The van der Waals surface area contributed by atoms with Crippen molar-refractivity contribution in [2.75, 3.05) is 20.1 Å². The fraction of sp³-hybridized carbons (Fsp3) is 0.462. The lowest BCUT2D eigenvalue weighted by Gasteiger charge is -2.22. The molecule has 0 radical (unpaired) electrons. The van der Waals surface area contributed by atoms with E-state index in [4.69, 9.17) is 0 Å². The molecule has 2 rings (SSSR count). The van der Waals surface area contributed by atoms with E-state index in [0.29, 0.717) is 13.0 Å². The molecule has 0 aromatic carbocycles. The van der Waals surface area contributed by atoms with Crippen LogP contribution < -0.4 is 5.32 Å². The first kappa shape index (κ1) is 14.4. The zero-order valence-electron chi connectivity index (χ0n) is 11.2. The second kappa shape index (κ2) is 5.15. The lowest BCUT2D eigenvalue weighted by molar-refractivity contribution is -0.128. The molecule has 2 heterocycles. The molecule has 5 nitrogen and oxygen atoms in total. The average Bonchev–Trinajstić information content (AvgIpc) is 2.84. The van der Waals surface area contributed by atoms with Gasteiger partial charge in [0, 0.05) is 26.3 Å². The second-order valence-electron chi connectivity index (χ2n) is 5.08. The number of carbonyl (C=O) groups is 2. The molecule has 1 aromatic rings. The molecule has 7 heteroatoms. The molecule has 1 aromatic heterocycles. The molecule has 0 spiro atoms. The van der Waals surface area contributed by atoms with Gasteiger partial charge in [0.05, 0.1) is 11.0 Å². The van der Waals surface area contributed by atoms with Crippen molar-refractivity contribution in [3.63, 3.8) is 0 Å². The standard InChI is InChI=1S/C13H15F2N3O2/c1-13(12(20)16-2)4-6-18(7-13)11(19)8-3-5-17-10(15)9(8)14/h3,5H,4,6-7H2,1-2H3,(H,16,20). The van der Waals surface area contributed by atoms with E-state index in [1.807, 2.05) is 0 Å².